The number of amides is 1. The molecule has 1 amide bonds. The number of carbonyl (C=O) groups is 2. The van der Waals surface area contributed by atoms with Crippen molar-refractivity contribution in [1.29, 1.82) is 0 Å². The first-order valence-electron chi connectivity index (χ1n) is 5.53. The van der Waals surface area contributed by atoms with Crippen molar-refractivity contribution in [3.63, 3.8) is 0 Å². The topological polar surface area (TPSA) is 79.3 Å². The maximum Gasteiger partial charge on any atom is 0.354 e. The summed E-state index contributed by atoms with van der Waals surface area (Å²) in [6.45, 7) is 0. The summed E-state index contributed by atoms with van der Waals surface area (Å²) in [4.78, 5) is 26.2. The van der Waals surface area contributed by atoms with Crippen LogP contribution in [0.25, 0.3) is 0 Å². The van der Waals surface area contributed by atoms with E-state index in [-0.39, 0.29) is 27.0 Å². The molecule has 0 radical (unpaired) electrons. The number of hydrogen-bond donors (Lipinski definition) is 2. The van der Waals surface area contributed by atoms with E-state index in [4.69, 9.17) is 28.3 Å². The van der Waals surface area contributed by atoms with Crippen LogP contribution in [0.15, 0.2) is 30.5 Å². The van der Waals surface area contributed by atoms with Gasteiger partial charge in [0, 0.05) is 11.9 Å². The van der Waals surface area contributed by atoms with E-state index in [1.165, 1.54) is 24.3 Å². The molecule has 0 saturated carbocycles. The number of nitrogens with zero attached hydrogens (tertiary/aromatic N) is 1. The van der Waals surface area contributed by atoms with E-state index in [0.717, 1.165) is 6.20 Å². The van der Waals surface area contributed by atoms with Gasteiger partial charge in [0.15, 0.2) is 5.82 Å². The van der Waals surface area contributed by atoms with E-state index in [1.807, 2.05) is 0 Å². The Morgan fingerprint density at radius 3 is 2.29 bits per heavy atom. The minimum absolute atomic E-state index is 0.136. The largest absolute Gasteiger partial charge is 0.477 e. The molecule has 2 N–H and O–H groups in total. The first-order valence-corrected chi connectivity index (χ1v) is 6.29. The summed E-state index contributed by atoms with van der Waals surface area (Å²) in [5, 5.41) is 10.7. The fourth-order valence-corrected chi connectivity index (χ4v) is 1.97. The third-order valence-electron chi connectivity index (χ3n) is 2.49. The van der Waals surface area contributed by atoms with Gasteiger partial charge in [0.2, 0.25) is 0 Å². The summed E-state index contributed by atoms with van der Waals surface area (Å²) in [6.07, 6.45) is 1.12. The van der Waals surface area contributed by atoms with Crippen molar-refractivity contribution >= 4 is 40.8 Å². The monoisotopic (exact) mass is 328 g/mol. The molecule has 0 aliphatic rings. The number of pyridine rings is 1. The lowest BCUT2D eigenvalue weighted by molar-refractivity contribution is 0.0690. The number of rotatable bonds is 3. The molecule has 0 bridgehead atoms. The van der Waals surface area contributed by atoms with Crippen molar-refractivity contribution in [2.45, 2.75) is 0 Å². The smallest absolute Gasteiger partial charge is 0.354 e. The number of aromatic carboxylic acids is 1. The van der Waals surface area contributed by atoms with Gasteiger partial charge in [-0.05, 0) is 24.3 Å². The molecule has 0 aliphatic heterocycles. The molecule has 2 rings (SSSR count). The molecule has 0 spiro atoms. The Kier molecular flexibility index (Phi) is 4.40. The van der Waals surface area contributed by atoms with Crippen LogP contribution in [0, 0.1) is 5.82 Å². The highest BCUT2D eigenvalue weighted by Crippen LogP contribution is 2.27. The second kappa shape index (κ2) is 6.07. The van der Waals surface area contributed by atoms with Crippen LogP contribution in [0.3, 0.4) is 0 Å². The van der Waals surface area contributed by atoms with E-state index in [2.05, 4.69) is 10.3 Å². The van der Waals surface area contributed by atoms with Gasteiger partial charge in [-0.2, -0.15) is 0 Å². The van der Waals surface area contributed by atoms with Gasteiger partial charge in [0.25, 0.3) is 5.91 Å². The zero-order chi connectivity index (χ0) is 15.6. The lowest BCUT2D eigenvalue weighted by atomic mass is 10.2. The first-order chi connectivity index (χ1) is 9.88. The van der Waals surface area contributed by atoms with Crippen LogP contribution in [0.1, 0.15) is 20.8 Å². The van der Waals surface area contributed by atoms with Crippen LogP contribution in [-0.4, -0.2) is 22.0 Å². The molecule has 1 aromatic carbocycles. The van der Waals surface area contributed by atoms with Crippen molar-refractivity contribution in [2.24, 2.45) is 0 Å². The number of benzene rings is 1. The molecular weight excluding hydrogens is 322 g/mol. The Labute approximate surface area is 128 Å². The maximum atomic E-state index is 13.2. The lowest BCUT2D eigenvalue weighted by Gasteiger charge is -2.07. The highest BCUT2D eigenvalue weighted by atomic mass is 35.5. The molecule has 0 unspecified atom stereocenters. The second-order valence-corrected chi connectivity index (χ2v) is 4.76. The van der Waals surface area contributed by atoms with E-state index < -0.39 is 17.7 Å². The molecule has 8 heteroatoms. The zero-order valence-electron chi connectivity index (χ0n) is 10.2. The summed E-state index contributed by atoms with van der Waals surface area (Å²) in [5.41, 5.74) is 0.162. The van der Waals surface area contributed by atoms with Crippen molar-refractivity contribution in [3.8, 4) is 0 Å². The Morgan fingerprint density at radius 2 is 1.81 bits per heavy atom. The normalized spacial score (nSPS) is 10.2. The SMILES string of the molecule is O=C(Nc1cc(Cl)c(F)c(Cl)c1)c1ccc(C(=O)O)nc1. The van der Waals surface area contributed by atoms with Gasteiger partial charge in [-0.25, -0.2) is 14.2 Å². The Morgan fingerprint density at radius 1 is 1.19 bits per heavy atom. The number of aromatic nitrogens is 1. The molecule has 5 nitrogen and oxygen atoms in total. The molecule has 0 atom stereocenters. The lowest BCUT2D eigenvalue weighted by Crippen LogP contribution is -2.13. The van der Waals surface area contributed by atoms with Gasteiger partial charge in [0.05, 0.1) is 15.6 Å². The van der Waals surface area contributed by atoms with E-state index in [0.29, 0.717) is 0 Å². The number of carboxylic acids is 1. The summed E-state index contributed by atoms with van der Waals surface area (Å²) in [6, 6.07) is 4.92. The van der Waals surface area contributed by atoms with Crippen LogP contribution < -0.4 is 5.32 Å². The molecule has 0 aliphatic carbocycles. The highest BCUT2D eigenvalue weighted by Gasteiger charge is 2.12. The fraction of sp³-hybridized carbons (Fsp3) is 0. The van der Waals surface area contributed by atoms with Crippen LogP contribution in [-0.2, 0) is 0 Å². The van der Waals surface area contributed by atoms with Gasteiger partial charge in [-0.3, -0.25) is 4.79 Å². The molecule has 0 saturated heterocycles. The van der Waals surface area contributed by atoms with Crippen LogP contribution in [0.5, 0.6) is 0 Å². The second-order valence-electron chi connectivity index (χ2n) is 3.95. The highest BCUT2D eigenvalue weighted by molar-refractivity contribution is 6.35. The molecule has 108 valence electrons. The first kappa shape index (κ1) is 15.2. The molecule has 21 heavy (non-hydrogen) atoms. The predicted octanol–water partition coefficient (Wildman–Crippen LogP) is 3.48. The van der Waals surface area contributed by atoms with Crippen molar-refractivity contribution in [2.75, 3.05) is 5.32 Å². The summed E-state index contributed by atoms with van der Waals surface area (Å²) in [5.74, 6) is -2.53. The maximum absolute atomic E-state index is 13.2. The quantitative estimate of drug-likeness (QED) is 0.845. The van der Waals surface area contributed by atoms with Gasteiger partial charge in [0.1, 0.15) is 5.69 Å². The zero-order valence-corrected chi connectivity index (χ0v) is 11.7. The Balaban J connectivity index is 2.20. The van der Waals surface area contributed by atoms with Gasteiger partial charge in [-0.15, -0.1) is 0 Å². The van der Waals surface area contributed by atoms with Crippen LogP contribution in [0.4, 0.5) is 10.1 Å². The molecule has 1 heterocycles. The molecular formula is C13H7Cl2FN2O3. The van der Waals surface area contributed by atoms with E-state index in [9.17, 15) is 14.0 Å². The minimum atomic E-state index is -1.20. The molecule has 2 aromatic rings. The number of anilines is 1. The van der Waals surface area contributed by atoms with Crippen molar-refractivity contribution in [3.05, 3.63) is 57.6 Å². The van der Waals surface area contributed by atoms with Crippen LogP contribution >= 0.6 is 23.2 Å². The average molecular weight is 329 g/mol. The summed E-state index contributed by atoms with van der Waals surface area (Å²) in [7, 11) is 0. The number of hydrogen-bond acceptors (Lipinski definition) is 3. The van der Waals surface area contributed by atoms with Gasteiger partial charge >= 0.3 is 5.97 Å². The summed E-state index contributed by atoms with van der Waals surface area (Å²) >= 11 is 11.2. The fourth-order valence-electron chi connectivity index (χ4n) is 1.49. The molecule has 0 fully saturated rings. The summed E-state index contributed by atoms with van der Waals surface area (Å²) < 4.78 is 13.2. The third-order valence-corrected chi connectivity index (χ3v) is 3.04. The third kappa shape index (κ3) is 3.48. The number of carbonyl (C=O) groups excluding carboxylic acids is 1. The van der Waals surface area contributed by atoms with Crippen molar-refractivity contribution < 1.29 is 19.1 Å². The van der Waals surface area contributed by atoms with Gasteiger partial charge < -0.3 is 10.4 Å². The van der Waals surface area contributed by atoms with E-state index >= 15 is 0 Å². The average Bonchev–Trinajstić information content (AvgIpc) is 2.44. The van der Waals surface area contributed by atoms with E-state index in [1.54, 1.807) is 0 Å². The number of carboxylic acid groups (broad SMARTS) is 1. The minimum Gasteiger partial charge on any atom is -0.477 e. The molecule has 1 aromatic heterocycles. The standard InChI is InChI=1S/C13H7Cl2FN2O3/c14-8-3-7(4-9(15)11(8)16)18-12(19)6-1-2-10(13(20)21)17-5-6/h1-5H,(H,18,19)(H,20,21). The van der Waals surface area contributed by atoms with Crippen molar-refractivity contribution in [1.82, 2.24) is 4.98 Å². The van der Waals surface area contributed by atoms with Gasteiger partial charge in [-0.1, -0.05) is 23.2 Å². The Hall–Kier alpha value is -2.18. The Bertz CT molecular complexity index is 697. The predicted molar refractivity (Wildman–Crippen MR) is 75.6 cm³/mol. The van der Waals surface area contributed by atoms with Crippen LogP contribution in [0.2, 0.25) is 10.0 Å². The number of nitrogens with one attached hydrogen (secondary N) is 1. The number of halogens is 3.